The molecule has 168 valence electrons. The molecule has 3 heterocycles. The number of aromatic nitrogens is 3. The Labute approximate surface area is 194 Å². The largest absolute Gasteiger partial charge is 0.352 e. The first-order chi connectivity index (χ1) is 16.2. The highest BCUT2D eigenvalue weighted by Crippen LogP contribution is 2.45. The summed E-state index contributed by atoms with van der Waals surface area (Å²) in [7, 11) is 0. The molecular weight excluding hydrogens is 412 g/mol. The molecule has 4 aliphatic rings. The molecule has 2 aromatic heterocycles. The first kappa shape index (κ1) is 20.3. The third-order valence-electron chi connectivity index (χ3n) is 7.34. The Hall–Kier alpha value is -3.27. The van der Waals surface area contributed by atoms with Crippen molar-refractivity contribution in [2.45, 2.75) is 50.5 Å². The molecule has 0 spiro atoms. The molecule has 33 heavy (non-hydrogen) atoms. The number of pyridine rings is 1. The number of nitrogens with zero attached hydrogens (tertiary/aromatic N) is 6. The lowest BCUT2D eigenvalue weighted by Crippen LogP contribution is -2.57. The fourth-order valence-corrected chi connectivity index (χ4v) is 5.06. The van der Waals surface area contributed by atoms with Crippen molar-refractivity contribution in [3.05, 3.63) is 42.0 Å². The van der Waals surface area contributed by atoms with Crippen molar-refractivity contribution >= 4 is 17.8 Å². The summed E-state index contributed by atoms with van der Waals surface area (Å²) >= 11 is 0. The van der Waals surface area contributed by atoms with Gasteiger partial charge < -0.3 is 9.80 Å². The van der Waals surface area contributed by atoms with Crippen LogP contribution in [0.4, 0.5) is 5.82 Å². The van der Waals surface area contributed by atoms with Gasteiger partial charge in [-0.3, -0.25) is 4.79 Å². The van der Waals surface area contributed by atoms with Gasteiger partial charge in [0.25, 0.3) is 0 Å². The third-order valence-corrected chi connectivity index (χ3v) is 7.34. The SMILES string of the molecule is C=Cc1nccc(-c2cc(C#N)c(N3CCN(C(=O)C4CC4)[C@H](C4CC4)C3)nc2C2CC2)n1. The van der Waals surface area contributed by atoms with E-state index in [0.717, 1.165) is 68.1 Å². The molecule has 2 aromatic rings. The molecule has 3 aliphatic carbocycles. The monoisotopic (exact) mass is 440 g/mol. The Bertz CT molecular complexity index is 1160. The van der Waals surface area contributed by atoms with Crippen LogP contribution in [0.15, 0.2) is 24.9 Å². The highest BCUT2D eigenvalue weighted by atomic mass is 16.2. The van der Waals surface area contributed by atoms with Crippen LogP contribution in [0.1, 0.15) is 61.5 Å². The fraction of sp³-hybridized carbons (Fsp3) is 0.500. The highest BCUT2D eigenvalue weighted by Gasteiger charge is 2.45. The van der Waals surface area contributed by atoms with E-state index in [1.807, 2.05) is 12.1 Å². The Morgan fingerprint density at radius 2 is 1.97 bits per heavy atom. The number of amides is 1. The topological polar surface area (TPSA) is 86.0 Å². The van der Waals surface area contributed by atoms with Crippen LogP contribution in [0.5, 0.6) is 0 Å². The summed E-state index contributed by atoms with van der Waals surface area (Å²) in [6.45, 7) is 5.99. The van der Waals surface area contributed by atoms with Crippen molar-refractivity contribution in [3.63, 3.8) is 0 Å². The lowest BCUT2D eigenvalue weighted by Gasteiger charge is -2.43. The highest BCUT2D eigenvalue weighted by molar-refractivity contribution is 5.82. The summed E-state index contributed by atoms with van der Waals surface area (Å²) in [5, 5.41) is 10.0. The molecule has 1 amide bonds. The summed E-state index contributed by atoms with van der Waals surface area (Å²) in [4.78, 5) is 31.2. The van der Waals surface area contributed by atoms with Gasteiger partial charge in [-0.2, -0.15) is 5.26 Å². The minimum Gasteiger partial charge on any atom is -0.352 e. The first-order valence-corrected chi connectivity index (χ1v) is 12.1. The zero-order chi connectivity index (χ0) is 22.5. The minimum absolute atomic E-state index is 0.237. The van der Waals surface area contributed by atoms with E-state index >= 15 is 0 Å². The molecule has 6 rings (SSSR count). The van der Waals surface area contributed by atoms with Crippen LogP contribution < -0.4 is 4.90 Å². The van der Waals surface area contributed by atoms with E-state index in [9.17, 15) is 10.1 Å². The number of carbonyl (C=O) groups is 1. The summed E-state index contributed by atoms with van der Waals surface area (Å²) in [6.07, 6.45) is 10.0. The predicted octanol–water partition coefficient (Wildman–Crippen LogP) is 3.77. The van der Waals surface area contributed by atoms with Gasteiger partial charge in [0, 0.05) is 43.2 Å². The molecule has 7 heteroatoms. The Morgan fingerprint density at radius 1 is 1.15 bits per heavy atom. The lowest BCUT2D eigenvalue weighted by atomic mass is 10.0. The van der Waals surface area contributed by atoms with Gasteiger partial charge in [-0.15, -0.1) is 0 Å². The number of rotatable bonds is 6. The van der Waals surface area contributed by atoms with Gasteiger partial charge >= 0.3 is 0 Å². The van der Waals surface area contributed by atoms with E-state index in [4.69, 9.17) is 4.98 Å². The van der Waals surface area contributed by atoms with Crippen LogP contribution in [0, 0.1) is 23.2 Å². The smallest absolute Gasteiger partial charge is 0.226 e. The number of hydrogen-bond donors (Lipinski definition) is 0. The van der Waals surface area contributed by atoms with E-state index < -0.39 is 0 Å². The second kappa shape index (κ2) is 7.95. The van der Waals surface area contributed by atoms with Gasteiger partial charge in [0.1, 0.15) is 11.9 Å². The summed E-state index contributed by atoms with van der Waals surface area (Å²) in [6, 6.07) is 6.46. The molecule has 0 radical (unpaired) electrons. The Balaban J connectivity index is 1.35. The van der Waals surface area contributed by atoms with Gasteiger partial charge in [-0.1, -0.05) is 6.58 Å². The van der Waals surface area contributed by atoms with Gasteiger partial charge in [0.05, 0.1) is 23.0 Å². The van der Waals surface area contributed by atoms with Crippen molar-refractivity contribution in [2.24, 2.45) is 11.8 Å². The average Bonchev–Trinajstić information content (AvgIpc) is 3.72. The van der Waals surface area contributed by atoms with E-state index in [-0.39, 0.29) is 12.0 Å². The summed E-state index contributed by atoms with van der Waals surface area (Å²) < 4.78 is 0. The lowest BCUT2D eigenvalue weighted by molar-refractivity contribution is -0.135. The molecular formula is C26H28N6O. The first-order valence-electron chi connectivity index (χ1n) is 12.1. The molecule has 7 nitrogen and oxygen atoms in total. The van der Waals surface area contributed by atoms with Crippen molar-refractivity contribution in [3.8, 4) is 17.3 Å². The maximum absolute atomic E-state index is 12.9. The quantitative estimate of drug-likeness (QED) is 0.680. The maximum Gasteiger partial charge on any atom is 0.226 e. The van der Waals surface area contributed by atoms with Crippen LogP contribution in [-0.2, 0) is 4.79 Å². The van der Waals surface area contributed by atoms with E-state index in [1.54, 1.807) is 12.3 Å². The Morgan fingerprint density at radius 3 is 2.64 bits per heavy atom. The normalized spacial score (nSPS) is 22.7. The minimum atomic E-state index is 0.237. The van der Waals surface area contributed by atoms with E-state index in [1.165, 1.54) is 12.8 Å². The van der Waals surface area contributed by atoms with Crippen LogP contribution in [-0.4, -0.2) is 51.4 Å². The van der Waals surface area contributed by atoms with E-state index in [2.05, 4.69) is 32.4 Å². The van der Waals surface area contributed by atoms with Crippen molar-refractivity contribution < 1.29 is 4.79 Å². The predicted molar refractivity (Wildman–Crippen MR) is 125 cm³/mol. The molecule has 3 saturated carbocycles. The fourth-order valence-electron chi connectivity index (χ4n) is 5.06. The standard InChI is InChI=1S/C26H28N6O/c1-2-23-28-10-9-21(29-23)20-13-19(14-27)25(30-24(20)17-5-6-17)31-11-12-32(26(33)18-7-8-18)22(15-31)16-3-4-16/h2,9-10,13,16-18,22H,1,3-8,11-12,15H2/t22-/m0/s1. The number of piperazine rings is 1. The molecule has 0 bridgehead atoms. The van der Waals surface area contributed by atoms with Crippen molar-refractivity contribution in [2.75, 3.05) is 24.5 Å². The maximum atomic E-state index is 12.9. The van der Waals surface area contributed by atoms with Crippen LogP contribution in [0.25, 0.3) is 17.3 Å². The van der Waals surface area contributed by atoms with Gasteiger partial charge in [-0.25, -0.2) is 15.0 Å². The zero-order valence-corrected chi connectivity index (χ0v) is 18.8. The summed E-state index contributed by atoms with van der Waals surface area (Å²) in [5.74, 6) is 2.92. The number of nitriles is 1. The molecule has 4 fully saturated rings. The molecule has 1 saturated heterocycles. The number of hydrogen-bond acceptors (Lipinski definition) is 6. The van der Waals surface area contributed by atoms with Gasteiger partial charge in [0.15, 0.2) is 5.82 Å². The second-order valence-electron chi connectivity index (χ2n) is 9.84. The van der Waals surface area contributed by atoms with Crippen LogP contribution in [0.2, 0.25) is 0 Å². The van der Waals surface area contributed by atoms with Crippen molar-refractivity contribution in [1.82, 2.24) is 19.9 Å². The van der Waals surface area contributed by atoms with E-state index in [0.29, 0.717) is 29.1 Å². The molecule has 0 aromatic carbocycles. The Kier molecular flexibility index (Phi) is 4.90. The molecule has 0 N–H and O–H groups in total. The second-order valence-corrected chi connectivity index (χ2v) is 9.84. The van der Waals surface area contributed by atoms with Crippen molar-refractivity contribution in [1.29, 1.82) is 5.26 Å². The van der Waals surface area contributed by atoms with Gasteiger partial charge in [-0.05, 0) is 62.7 Å². The molecule has 0 unspecified atom stereocenters. The number of carbonyl (C=O) groups excluding carboxylic acids is 1. The third kappa shape index (κ3) is 3.88. The molecule has 1 aliphatic heterocycles. The average molecular weight is 441 g/mol. The van der Waals surface area contributed by atoms with Crippen LogP contribution in [0.3, 0.4) is 0 Å². The summed E-state index contributed by atoms with van der Waals surface area (Å²) in [5.41, 5.74) is 3.31. The number of anilines is 1. The zero-order valence-electron chi connectivity index (χ0n) is 18.8. The van der Waals surface area contributed by atoms with Crippen LogP contribution >= 0.6 is 0 Å². The van der Waals surface area contributed by atoms with Gasteiger partial charge in [0.2, 0.25) is 5.91 Å². The molecule has 1 atom stereocenters.